The molecule has 104 valence electrons. The van der Waals surface area contributed by atoms with Crippen LogP contribution >= 0.6 is 11.6 Å². The summed E-state index contributed by atoms with van der Waals surface area (Å²) < 4.78 is 0. The van der Waals surface area contributed by atoms with Gasteiger partial charge in [0, 0.05) is 19.8 Å². The van der Waals surface area contributed by atoms with Gasteiger partial charge < -0.3 is 15.0 Å². The first-order valence-corrected chi connectivity index (χ1v) is 6.27. The lowest BCUT2D eigenvalue weighted by molar-refractivity contribution is 0.0695. The molecule has 20 heavy (non-hydrogen) atoms. The van der Waals surface area contributed by atoms with Crippen LogP contribution in [0.25, 0.3) is 0 Å². The van der Waals surface area contributed by atoms with Gasteiger partial charge in [-0.05, 0) is 23.8 Å². The first-order valence-electron chi connectivity index (χ1n) is 5.89. The number of carboxylic acid groups (broad SMARTS) is 1. The molecule has 0 aliphatic carbocycles. The van der Waals surface area contributed by atoms with Crippen LogP contribution < -0.4 is 0 Å². The Morgan fingerprint density at radius 1 is 1.30 bits per heavy atom. The summed E-state index contributed by atoms with van der Waals surface area (Å²) in [5, 5.41) is 9.29. The number of carbonyl (C=O) groups is 2. The highest BCUT2D eigenvalue weighted by molar-refractivity contribution is 6.30. The molecule has 0 saturated heterocycles. The molecule has 0 radical (unpaired) electrons. The van der Waals surface area contributed by atoms with E-state index in [0.29, 0.717) is 17.3 Å². The summed E-state index contributed by atoms with van der Waals surface area (Å²) in [6, 6.07) is 7.97. The van der Waals surface area contributed by atoms with Gasteiger partial charge in [-0.15, -0.1) is 0 Å². The molecule has 0 unspecified atom stereocenters. The van der Waals surface area contributed by atoms with Gasteiger partial charge in [-0.25, -0.2) is 4.79 Å². The molecule has 1 heterocycles. The minimum Gasteiger partial charge on any atom is -0.478 e. The number of hydrogen-bond donors (Lipinski definition) is 2. The van der Waals surface area contributed by atoms with Crippen LogP contribution in [0.3, 0.4) is 0 Å². The molecule has 0 bridgehead atoms. The van der Waals surface area contributed by atoms with Crippen molar-refractivity contribution in [3.8, 4) is 0 Å². The van der Waals surface area contributed by atoms with Gasteiger partial charge in [0.15, 0.2) is 0 Å². The number of rotatable bonds is 4. The van der Waals surface area contributed by atoms with E-state index in [2.05, 4.69) is 4.98 Å². The van der Waals surface area contributed by atoms with E-state index in [1.54, 1.807) is 31.4 Å². The van der Waals surface area contributed by atoms with E-state index in [1.807, 2.05) is 0 Å². The minimum absolute atomic E-state index is 0.181. The van der Waals surface area contributed by atoms with E-state index < -0.39 is 5.97 Å². The maximum Gasteiger partial charge on any atom is 0.335 e. The number of nitrogens with one attached hydrogen (secondary N) is 1. The smallest absolute Gasteiger partial charge is 0.335 e. The zero-order valence-electron chi connectivity index (χ0n) is 10.8. The maximum atomic E-state index is 12.1. The molecule has 1 amide bonds. The standard InChI is InChI=1S/C14H13ClN2O3/c1-17(13(18)12-6-11(15)7-16-12)8-9-2-4-10(5-3-9)14(19)20/h2-7,16H,8H2,1H3,(H,19,20). The fourth-order valence-electron chi connectivity index (χ4n) is 1.80. The first kappa shape index (κ1) is 14.1. The highest BCUT2D eigenvalue weighted by Crippen LogP contribution is 2.13. The summed E-state index contributed by atoms with van der Waals surface area (Å²) in [4.78, 5) is 27.1. The van der Waals surface area contributed by atoms with E-state index in [-0.39, 0.29) is 11.5 Å². The van der Waals surface area contributed by atoms with Crippen molar-refractivity contribution in [2.45, 2.75) is 6.54 Å². The van der Waals surface area contributed by atoms with E-state index >= 15 is 0 Å². The summed E-state index contributed by atoms with van der Waals surface area (Å²) in [7, 11) is 1.67. The van der Waals surface area contributed by atoms with Crippen LogP contribution in [0.2, 0.25) is 5.02 Å². The van der Waals surface area contributed by atoms with Crippen LogP contribution in [-0.2, 0) is 6.54 Å². The van der Waals surface area contributed by atoms with Gasteiger partial charge in [-0.2, -0.15) is 0 Å². The highest BCUT2D eigenvalue weighted by Gasteiger charge is 2.14. The monoisotopic (exact) mass is 292 g/mol. The molecule has 1 aromatic carbocycles. The third-order valence-corrected chi connectivity index (χ3v) is 3.06. The molecule has 0 spiro atoms. The van der Waals surface area contributed by atoms with Crippen LogP contribution in [0.1, 0.15) is 26.4 Å². The molecule has 2 rings (SSSR count). The number of aromatic amines is 1. The Kier molecular flexibility index (Phi) is 4.10. The lowest BCUT2D eigenvalue weighted by Crippen LogP contribution is -2.26. The van der Waals surface area contributed by atoms with Crippen LogP contribution in [0.15, 0.2) is 36.5 Å². The number of benzene rings is 1. The lowest BCUT2D eigenvalue weighted by atomic mass is 10.1. The summed E-state index contributed by atoms with van der Waals surface area (Å²) in [5.74, 6) is -1.15. The molecule has 0 aliphatic heterocycles. The maximum absolute atomic E-state index is 12.1. The number of amides is 1. The van der Waals surface area contributed by atoms with E-state index in [0.717, 1.165) is 5.56 Å². The summed E-state index contributed by atoms with van der Waals surface area (Å²) >= 11 is 5.76. The number of hydrogen-bond acceptors (Lipinski definition) is 2. The third-order valence-electron chi connectivity index (χ3n) is 2.85. The van der Waals surface area contributed by atoms with Crippen LogP contribution in [0, 0.1) is 0 Å². The minimum atomic E-state index is -0.970. The second-order valence-corrected chi connectivity index (χ2v) is 4.83. The predicted molar refractivity (Wildman–Crippen MR) is 75.0 cm³/mol. The van der Waals surface area contributed by atoms with Gasteiger partial charge in [0.05, 0.1) is 10.6 Å². The van der Waals surface area contributed by atoms with Crippen molar-refractivity contribution in [3.05, 3.63) is 58.4 Å². The second-order valence-electron chi connectivity index (χ2n) is 4.39. The second kappa shape index (κ2) is 5.79. The van der Waals surface area contributed by atoms with Gasteiger partial charge in [-0.1, -0.05) is 23.7 Å². The topological polar surface area (TPSA) is 73.4 Å². The quantitative estimate of drug-likeness (QED) is 0.910. The lowest BCUT2D eigenvalue weighted by Gasteiger charge is -2.16. The molecule has 0 fully saturated rings. The van der Waals surface area contributed by atoms with E-state index in [9.17, 15) is 9.59 Å². The fraction of sp³-hybridized carbons (Fsp3) is 0.143. The van der Waals surface area contributed by atoms with Gasteiger partial charge in [0.1, 0.15) is 5.69 Å². The van der Waals surface area contributed by atoms with Gasteiger partial charge in [-0.3, -0.25) is 4.79 Å². The van der Waals surface area contributed by atoms with Crippen LogP contribution in [0.5, 0.6) is 0 Å². The van der Waals surface area contributed by atoms with Gasteiger partial charge in [0.25, 0.3) is 5.91 Å². The molecular weight excluding hydrogens is 280 g/mol. The fourth-order valence-corrected chi connectivity index (χ4v) is 1.96. The predicted octanol–water partition coefficient (Wildman–Crippen LogP) is 2.64. The van der Waals surface area contributed by atoms with Crippen molar-refractivity contribution < 1.29 is 14.7 Å². The van der Waals surface area contributed by atoms with Crippen LogP contribution in [-0.4, -0.2) is 33.9 Å². The number of aromatic carboxylic acids is 1. The normalized spacial score (nSPS) is 10.3. The average molecular weight is 293 g/mol. The zero-order chi connectivity index (χ0) is 14.7. The van der Waals surface area contributed by atoms with E-state index in [1.165, 1.54) is 17.0 Å². The molecular formula is C14H13ClN2O3. The van der Waals surface area contributed by atoms with Gasteiger partial charge >= 0.3 is 5.97 Å². The number of carbonyl (C=O) groups excluding carboxylic acids is 1. The third kappa shape index (κ3) is 3.19. The van der Waals surface area contributed by atoms with Crippen molar-refractivity contribution >= 4 is 23.5 Å². The number of H-pyrrole nitrogens is 1. The Bertz CT molecular complexity index is 634. The zero-order valence-corrected chi connectivity index (χ0v) is 11.5. The Morgan fingerprint density at radius 2 is 1.95 bits per heavy atom. The molecule has 0 atom stereocenters. The summed E-state index contributed by atoms with van der Waals surface area (Å²) in [6.45, 7) is 0.384. The molecule has 0 aliphatic rings. The Morgan fingerprint density at radius 3 is 2.45 bits per heavy atom. The first-order chi connectivity index (χ1) is 9.47. The number of halogens is 1. The Hall–Kier alpha value is -2.27. The molecule has 0 saturated carbocycles. The molecule has 2 aromatic rings. The van der Waals surface area contributed by atoms with Crippen molar-refractivity contribution in [2.24, 2.45) is 0 Å². The number of carboxylic acids is 1. The molecule has 5 nitrogen and oxygen atoms in total. The number of aromatic nitrogens is 1. The largest absolute Gasteiger partial charge is 0.478 e. The van der Waals surface area contributed by atoms with Crippen molar-refractivity contribution in [2.75, 3.05) is 7.05 Å². The number of nitrogens with zero attached hydrogens (tertiary/aromatic N) is 1. The van der Waals surface area contributed by atoms with Crippen molar-refractivity contribution in [3.63, 3.8) is 0 Å². The van der Waals surface area contributed by atoms with Gasteiger partial charge in [0.2, 0.25) is 0 Å². The Labute approximate surface area is 120 Å². The molecule has 6 heteroatoms. The SMILES string of the molecule is CN(Cc1ccc(C(=O)O)cc1)C(=O)c1cc(Cl)c[nH]1. The Balaban J connectivity index is 2.05. The molecule has 1 aromatic heterocycles. The van der Waals surface area contributed by atoms with Crippen LogP contribution in [0.4, 0.5) is 0 Å². The summed E-state index contributed by atoms with van der Waals surface area (Å²) in [6.07, 6.45) is 1.55. The van der Waals surface area contributed by atoms with E-state index in [4.69, 9.17) is 16.7 Å². The molecule has 2 N–H and O–H groups in total. The van der Waals surface area contributed by atoms with Crippen molar-refractivity contribution in [1.29, 1.82) is 0 Å². The summed E-state index contributed by atoms with van der Waals surface area (Å²) in [5.41, 5.74) is 1.49. The highest BCUT2D eigenvalue weighted by atomic mass is 35.5. The average Bonchev–Trinajstić information content (AvgIpc) is 2.85. The van der Waals surface area contributed by atoms with Crippen molar-refractivity contribution in [1.82, 2.24) is 9.88 Å².